The van der Waals surface area contributed by atoms with Gasteiger partial charge in [0, 0.05) is 19.4 Å². The van der Waals surface area contributed by atoms with E-state index in [4.69, 9.17) is 26.8 Å². The Morgan fingerprint density at radius 1 is 1.38 bits per heavy atom. The van der Waals surface area contributed by atoms with Gasteiger partial charge in [-0.2, -0.15) is 0 Å². The third-order valence-electron chi connectivity index (χ3n) is 2.69. The molecule has 0 radical (unpaired) electrons. The van der Waals surface area contributed by atoms with Crippen molar-refractivity contribution in [3.8, 4) is 5.75 Å². The molecular weight excluding hydrogens is 226 g/mol. The van der Waals surface area contributed by atoms with Crippen LogP contribution in [-0.2, 0) is 11.3 Å². The van der Waals surface area contributed by atoms with Gasteiger partial charge in [0.1, 0.15) is 11.9 Å². The first-order chi connectivity index (χ1) is 7.79. The van der Waals surface area contributed by atoms with Gasteiger partial charge >= 0.3 is 0 Å². The molecule has 1 aliphatic rings. The van der Waals surface area contributed by atoms with Crippen LogP contribution in [0.1, 0.15) is 18.4 Å². The molecule has 4 heteroatoms. The first kappa shape index (κ1) is 11.7. The van der Waals surface area contributed by atoms with Crippen LogP contribution in [0, 0.1) is 0 Å². The molecule has 2 rings (SSSR count). The van der Waals surface area contributed by atoms with E-state index in [0.29, 0.717) is 11.6 Å². The zero-order chi connectivity index (χ0) is 11.4. The summed E-state index contributed by atoms with van der Waals surface area (Å²) >= 11 is 6.12. The molecule has 1 heterocycles. The Hall–Kier alpha value is -0.770. The average molecular weight is 242 g/mol. The van der Waals surface area contributed by atoms with E-state index in [1.807, 2.05) is 18.2 Å². The molecule has 0 atom stereocenters. The van der Waals surface area contributed by atoms with E-state index in [0.717, 1.165) is 37.4 Å². The van der Waals surface area contributed by atoms with Crippen LogP contribution in [0.15, 0.2) is 18.2 Å². The Kier molecular flexibility index (Phi) is 4.04. The molecule has 1 aromatic carbocycles. The molecule has 1 aliphatic heterocycles. The minimum Gasteiger partial charge on any atom is -0.489 e. The second kappa shape index (κ2) is 5.53. The lowest BCUT2D eigenvalue weighted by molar-refractivity contribution is 0.0256. The molecule has 3 nitrogen and oxygen atoms in total. The summed E-state index contributed by atoms with van der Waals surface area (Å²) in [5, 5.41) is 0.634. The zero-order valence-electron chi connectivity index (χ0n) is 9.12. The molecule has 0 saturated carbocycles. The van der Waals surface area contributed by atoms with E-state index < -0.39 is 0 Å². The highest BCUT2D eigenvalue weighted by Crippen LogP contribution is 2.27. The highest BCUT2D eigenvalue weighted by Gasteiger charge is 2.16. The normalized spacial score (nSPS) is 17.4. The van der Waals surface area contributed by atoms with Crippen LogP contribution in [0.2, 0.25) is 5.02 Å². The Bertz CT molecular complexity index is 351. The zero-order valence-corrected chi connectivity index (χ0v) is 9.87. The quantitative estimate of drug-likeness (QED) is 0.884. The second-order valence-corrected chi connectivity index (χ2v) is 4.31. The Labute approximate surface area is 100 Å². The van der Waals surface area contributed by atoms with Gasteiger partial charge in [0.25, 0.3) is 0 Å². The number of benzene rings is 1. The Morgan fingerprint density at radius 3 is 2.75 bits per heavy atom. The fourth-order valence-electron chi connectivity index (χ4n) is 1.74. The van der Waals surface area contributed by atoms with Crippen molar-refractivity contribution in [1.82, 2.24) is 0 Å². The molecule has 0 amide bonds. The number of rotatable bonds is 3. The molecular formula is C12H16ClNO2. The van der Waals surface area contributed by atoms with Gasteiger partial charge in [-0.15, -0.1) is 0 Å². The smallest absolute Gasteiger partial charge is 0.138 e. The summed E-state index contributed by atoms with van der Waals surface area (Å²) in [5.41, 5.74) is 6.55. The van der Waals surface area contributed by atoms with Gasteiger partial charge < -0.3 is 15.2 Å². The molecule has 0 unspecified atom stereocenters. The van der Waals surface area contributed by atoms with Crippen LogP contribution in [-0.4, -0.2) is 19.3 Å². The van der Waals surface area contributed by atoms with Crippen LogP contribution in [0.5, 0.6) is 5.75 Å². The van der Waals surface area contributed by atoms with Crippen molar-refractivity contribution in [1.29, 1.82) is 0 Å². The minimum atomic E-state index is 0.218. The Balaban J connectivity index is 2.03. The molecule has 0 spiro atoms. The lowest BCUT2D eigenvalue weighted by atomic mass is 10.1. The summed E-state index contributed by atoms with van der Waals surface area (Å²) in [7, 11) is 0. The molecule has 16 heavy (non-hydrogen) atoms. The van der Waals surface area contributed by atoms with Crippen molar-refractivity contribution in [3.63, 3.8) is 0 Å². The van der Waals surface area contributed by atoms with Gasteiger partial charge in [-0.1, -0.05) is 17.7 Å². The van der Waals surface area contributed by atoms with Gasteiger partial charge in [0.15, 0.2) is 0 Å². The van der Waals surface area contributed by atoms with Crippen LogP contribution in [0.25, 0.3) is 0 Å². The average Bonchev–Trinajstić information content (AvgIpc) is 2.33. The molecule has 1 fully saturated rings. The topological polar surface area (TPSA) is 44.5 Å². The monoisotopic (exact) mass is 241 g/mol. The van der Waals surface area contributed by atoms with Crippen LogP contribution >= 0.6 is 11.6 Å². The number of hydrogen-bond donors (Lipinski definition) is 1. The highest BCUT2D eigenvalue weighted by molar-refractivity contribution is 6.32. The van der Waals surface area contributed by atoms with Crippen molar-refractivity contribution >= 4 is 11.6 Å². The first-order valence-electron chi connectivity index (χ1n) is 5.52. The molecule has 0 bridgehead atoms. The van der Waals surface area contributed by atoms with Crippen molar-refractivity contribution in [2.45, 2.75) is 25.5 Å². The molecule has 1 saturated heterocycles. The van der Waals surface area contributed by atoms with Gasteiger partial charge in [-0.05, 0) is 17.7 Å². The maximum atomic E-state index is 6.12. The lowest BCUT2D eigenvalue weighted by Crippen LogP contribution is -2.25. The van der Waals surface area contributed by atoms with Gasteiger partial charge in [-0.3, -0.25) is 0 Å². The standard InChI is InChI=1S/C12H16ClNO2/c13-11-7-9(8-14)1-2-12(11)16-10-3-5-15-6-4-10/h1-2,7,10H,3-6,8,14H2. The van der Waals surface area contributed by atoms with E-state index in [2.05, 4.69) is 0 Å². The summed E-state index contributed by atoms with van der Waals surface area (Å²) in [6, 6.07) is 5.69. The highest BCUT2D eigenvalue weighted by atomic mass is 35.5. The van der Waals surface area contributed by atoms with Gasteiger partial charge in [0.2, 0.25) is 0 Å². The van der Waals surface area contributed by atoms with Gasteiger partial charge in [0.05, 0.1) is 18.2 Å². The molecule has 0 aromatic heterocycles. The number of hydrogen-bond acceptors (Lipinski definition) is 3. The predicted octanol–water partition coefficient (Wildman–Crippen LogP) is 2.36. The largest absolute Gasteiger partial charge is 0.489 e. The van der Waals surface area contributed by atoms with E-state index in [1.165, 1.54) is 0 Å². The summed E-state index contributed by atoms with van der Waals surface area (Å²) < 4.78 is 11.1. The summed E-state index contributed by atoms with van der Waals surface area (Å²) in [6.45, 7) is 2.03. The summed E-state index contributed by atoms with van der Waals surface area (Å²) in [5.74, 6) is 0.741. The Morgan fingerprint density at radius 2 is 2.12 bits per heavy atom. The summed E-state index contributed by atoms with van der Waals surface area (Å²) in [4.78, 5) is 0. The maximum Gasteiger partial charge on any atom is 0.138 e. The molecule has 2 N–H and O–H groups in total. The number of nitrogens with two attached hydrogens (primary N) is 1. The fourth-order valence-corrected chi connectivity index (χ4v) is 1.99. The fraction of sp³-hybridized carbons (Fsp3) is 0.500. The third kappa shape index (κ3) is 2.88. The number of halogens is 1. The molecule has 0 aliphatic carbocycles. The maximum absolute atomic E-state index is 6.12. The van der Waals surface area contributed by atoms with Crippen LogP contribution < -0.4 is 10.5 Å². The SMILES string of the molecule is NCc1ccc(OC2CCOCC2)c(Cl)c1. The van der Waals surface area contributed by atoms with Crippen molar-refractivity contribution in [3.05, 3.63) is 28.8 Å². The first-order valence-corrected chi connectivity index (χ1v) is 5.90. The van der Waals surface area contributed by atoms with Crippen molar-refractivity contribution in [2.75, 3.05) is 13.2 Å². The predicted molar refractivity (Wildman–Crippen MR) is 63.8 cm³/mol. The number of ether oxygens (including phenoxy) is 2. The third-order valence-corrected chi connectivity index (χ3v) is 2.99. The van der Waals surface area contributed by atoms with E-state index in [1.54, 1.807) is 0 Å². The minimum absolute atomic E-state index is 0.218. The van der Waals surface area contributed by atoms with Crippen LogP contribution in [0.4, 0.5) is 0 Å². The van der Waals surface area contributed by atoms with Crippen molar-refractivity contribution in [2.24, 2.45) is 5.73 Å². The second-order valence-electron chi connectivity index (χ2n) is 3.90. The van der Waals surface area contributed by atoms with E-state index in [9.17, 15) is 0 Å². The molecule has 88 valence electrons. The van der Waals surface area contributed by atoms with Crippen molar-refractivity contribution < 1.29 is 9.47 Å². The van der Waals surface area contributed by atoms with Crippen LogP contribution in [0.3, 0.4) is 0 Å². The lowest BCUT2D eigenvalue weighted by Gasteiger charge is -2.23. The molecule has 1 aromatic rings. The van der Waals surface area contributed by atoms with E-state index in [-0.39, 0.29) is 6.10 Å². The van der Waals surface area contributed by atoms with Gasteiger partial charge in [-0.25, -0.2) is 0 Å². The van der Waals surface area contributed by atoms with E-state index >= 15 is 0 Å². The summed E-state index contributed by atoms with van der Waals surface area (Å²) in [6.07, 6.45) is 2.07.